The molecule has 0 aliphatic heterocycles. The Balaban J connectivity index is 1.86. The summed E-state index contributed by atoms with van der Waals surface area (Å²) in [5, 5.41) is 4.93. The van der Waals surface area contributed by atoms with E-state index in [2.05, 4.69) is 77.1 Å². The van der Waals surface area contributed by atoms with Gasteiger partial charge in [-0.05, 0) is 58.5 Å². The Morgan fingerprint density at radius 3 is 2.50 bits per heavy atom. The monoisotopic (exact) mass is 391 g/mol. The van der Waals surface area contributed by atoms with Gasteiger partial charge < -0.3 is 4.42 Å². The molecule has 0 atom stereocenters. The second-order valence-electron chi connectivity index (χ2n) is 9.57. The molecule has 6 rings (SSSR count). The second-order valence-corrected chi connectivity index (χ2v) is 9.57. The van der Waals surface area contributed by atoms with Crippen LogP contribution in [0.3, 0.4) is 0 Å². The van der Waals surface area contributed by atoms with E-state index in [1.54, 1.807) is 0 Å². The maximum absolute atomic E-state index is 6.47. The number of fused-ring (bicyclic) bond motifs is 3. The first kappa shape index (κ1) is 17.7. The van der Waals surface area contributed by atoms with E-state index in [1.807, 2.05) is 12.3 Å². The predicted octanol–water partition coefficient (Wildman–Crippen LogP) is 7.87. The maximum Gasteiger partial charge on any atom is 0.139 e. The molecular formula is C28H25NO. The molecule has 0 unspecified atom stereocenters. The van der Waals surface area contributed by atoms with Crippen molar-refractivity contribution in [2.45, 2.75) is 46.0 Å². The van der Waals surface area contributed by atoms with Crippen molar-refractivity contribution in [3.63, 3.8) is 0 Å². The molecule has 3 aromatic carbocycles. The zero-order valence-electron chi connectivity index (χ0n) is 18.1. The zero-order valence-corrected chi connectivity index (χ0v) is 18.1. The first-order valence-corrected chi connectivity index (χ1v) is 10.8. The van der Waals surface area contributed by atoms with Crippen molar-refractivity contribution >= 4 is 32.7 Å². The number of benzene rings is 3. The standard InChI is InChI=1S/C28H25NO/c1-15(2)19-8-9-21-24-25-23(30-27(19)24)10-11-29-26(25)20-13-17-7-6-16(3)12-18(17)14-22(20)28(21,4)5/h6-15H,1-5H3. The maximum atomic E-state index is 6.47. The average molecular weight is 392 g/mol. The first-order chi connectivity index (χ1) is 14.4. The Kier molecular flexibility index (Phi) is 3.38. The molecule has 0 amide bonds. The highest BCUT2D eigenvalue weighted by Crippen LogP contribution is 2.51. The van der Waals surface area contributed by atoms with Crippen LogP contribution in [-0.4, -0.2) is 4.98 Å². The van der Waals surface area contributed by atoms with Gasteiger partial charge in [0.2, 0.25) is 0 Å². The lowest BCUT2D eigenvalue weighted by Gasteiger charge is -2.28. The van der Waals surface area contributed by atoms with Crippen molar-refractivity contribution in [2.75, 3.05) is 0 Å². The number of furan rings is 1. The Labute approximate surface area is 176 Å². The molecule has 2 heteroatoms. The van der Waals surface area contributed by atoms with Crippen LogP contribution in [-0.2, 0) is 5.41 Å². The number of aryl methyl sites for hydroxylation is 1. The Bertz CT molecular complexity index is 1500. The normalized spacial score (nSPS) is 14.7. The summed E-state index contributed by atoms with van der Waals surface area (Å²) >= 11 is 0. The molecule has 30 heavy (non-hydrogen) atoms. The Hall–Kier alpha value is -3.13. The number of aromatic nitrogens is 1. The molecule has 0 spiro atoms. The van der Waals surface area contributed by atoms with E-state index in [0.717, 1.165) is 22.2 Å². The molecule has 0 N–H and O–H groups in total. The quantitative estimate of drug-likeness (QED) is 0.290. The van der Waals surface area contributed by atoms with Crippen LogP contribution in [0, 0.1) is 6.92 Å². The highest BCUT2D eigenvalue weighted by atomic mass is 16.3. The fourth-order valence-corrected chi connectivity index (χ4v) is 5.29. The molecule has 0 fully saturated rings. The molecular weight excluding hydrogens is 366 g/mol. The number of hydrogen-bond donors (Lipinski definition) is 0. The van der Waals surface area contributed by atoms with Gasteiger partial charge in [0.05, 0.1) is 11.1 Å². The second kappa shape index (κ2) is 5.72. The Morgan fingerprint density at radius 2 is 1.70 bits per heavy atom. The first-order valence-electron chi connectivity index (χ1n) is 10.8. The number of hydrogen-bond acceptors (Lipinski definition) is 2. The SMILES string of the molecule is Cc1ccc2cc3c(cc2c1)C(C)(C)c1ccc(C(C)C)c2oc4ccnc-3c4c12. The van der Waals surface area contributed by atoms with Crippen LogP contribution in [0.5, 0.6) is 0 Å². The minimum atomic E-state index is -0.168. The summed E-state index contributed by atoms with van der Waals surface area (Å²) in [4.78, 5) is 4.90. The molecule has 2 heterocycles. The van der Waals surface area contributed by atoms with Crippen molar-refractivity contribution < 1.29 is 4.42 Å². The molecule has 148 valence electrons. The molecule has 1 aliphatic rings. The van der Waals surface area contributed by atoms with Gasteiger partial charge in [0.1, 0.15) is 11.2 Å². The number of pyridine rings is 1. The summed E-state index contributed by atoms with van der Waals surface area (Å²) in [5.41, 5.74) is 9.23. The fraction of sp³-hybridized carbons (Fsp3) is 0.250. The van der Waals surface area contributed by atoms with Gasteiger partial charge in [0, 0.05) is 22.6 Å². The third kappa shape index (κ3) is 2.17. The van der Waals surface area contributed by atoms with E-state index in [4.69, 9.17) is 9.40 Å². The van der Waals surface area contributed by atoms with E-state index in [1.165, 1.54) is 44.0 Å². The third-order valence-electron chi connectivity index (χ3n) is 6.92. The van der Waals surface area contributed by atoms with Crippen LogP contribution in [0.25, 0.3) is 44.0 Å². The largest absolute Gasteiger partial charge is 0.456 e. The number of nitrogens with zero attached hydrogens (tertiary/aromatic N) is 1. The summed E-state index contributed by atoms with van der Waals surface area (Å²) in [6.45, 7) is 11.3. The van der Waals surface area contributed by atoms with Crippen LogP contribution in [0.4, 0.5) is 0 Å². The smallest absolute Gasteiger partial charge is 0.139 e. The van der Waals surface area contributed by atoms with E-state index in [0.29, 0.717) is 5.92 Å². The summed E-state index contributed by atoms with van der Waals surface area (Å²) < 4.78 is 6.47. The summed E-state index contributed by atoms with van der Waals surface area (Å²) in [7, 11) is 0. The van der Waals surface area contributed by atoms with Gasteiger partial charge in [-0.1, -0.05) is 63.6 Å². The van der Waals surface area contributed by atoms with E-state index >= 15 is 0 Å². The lowest BCUT2D eigenvalue weighted by Crippen LogP contribution is -2.20. The van der Waals surface area contributed by atoms with Crippen LogP contribution in [0.15, 0.2) is 59.1 Å². The van der Waals surface area contributed by atoms with Crippen LogP contribution in [0.1, 0.15) is 55.9 Å². The molecule has 0 bridgehead atoms. The molecule has 0 radical (unpaired) electrons. The molecule has 5 aromatic rings. The average Bonchev–Trinajstić information content (AvgIpc) is 3.08. The van der Waals surface area contributed by atoms with E-state index in [-0.39, 0.29) is 5.41 Å². The van der Waals surface area contributed by atoms with Crippen LogP contribution >= 0.6 is 0 Å². The van der Waals surface area contributed by atoms with Crippen molar-refractivity contribution in [1.29, 1.82) is 0 Å². The van der Waals surface area contributed by atoms with Gasteiger partial charge in [-0.2, -0.15) is 0 Å². The van der Waals surface area contributed by atoms with Crippen molar-refractivity contribution in [3.8, 4) is 11.3 Å². The molecule has 0 saturated heterocycles. The van der Waals surface area contributed by atoms with Crippen LogP contribution in [0.2, 0.25) is 0 Å². The van der Waals surface area contributed by atoms with E-state index in [9.17, 15) is 0 Å². The lowest BCUT2D eigenvalue weighted by atomic mass is 9.74. The highest BCUT2D eigenvalue weighted by molar-refractivity contribution is 6.16. The van der Waals surface area contributed by atoms with Gasteiger partial charge in [0.15, 0.2) is 0 Å². The predicted molar refractivity (Wildman–Crippen MR) is 125 cm³/mol. The topological polar surface area (TPSA) is 26.0 Å². The van der Waals surface area contributed by atoms with Crippen molar-refractivity contribution in [1.82, 2.24) is 4.98 Å². The zero-order chi connectivity index (χ0) is 20.8. The summed E-state index contributed by atoms with van der Waals surface area (Å²) in [5.74, 6) is 0.398. The van der Waals surface area contributed by atoms with Gasteiger partial charge >= 0.3 is 0 Å². The van der Waals surface area contributed by atoms with E-state index < -0.39 is 0 Å². The third-order valence-corrected chi connectivity index (χ3v) is 6.92. The Morgan fingerprint density at radius 1 is 0.867 bits per heavy atom. The summed E-state index contributed by atoms with van der Waals surface area (Å²) in [6, 6.07) is 18.0. The van der Waals surface area contributed by atoms with Gasteiger partial charge in [-0.3, -0.25) is 4.98 Å². The minimum Gasteiger partial charge on any atom is -0.456 e. The van der Waals surface area contributed by atoms with Gasteiger partial charge in [-0.15, -0.1) is 0 Å². The molecule has 2 nitrogen and oxygen atoms in total. The molecule has 1 aliphatic carbocycles. The fourth-order valence-electron chi connectivity index (χ4n) is 5.29. The number of rotatable bonds is 1. The summed E-state index contributed by atoms with van der Waals surface area (Å²) in [6.07, 6.45) is 1.89. The van der Waals surface area contributed by atoms with Crippen molar-refractivity contribution in [2.24, 2.45) is 0 Å². The van der Waals surface area contributed by atoms with Crippen LogP contribution < -0.4 is 0 Å². The minimum absolute atomic E-state index is 0.168. The molecule has 0 saturated carbocycles. The highest BCUT2D eigenvalue weighted by Gasteiger charge is 2.35. The van der Waals surface area contributed by atoms with Crippen molar-refractivity contribution in [3.05, 3.63) is 77.0 Å². The lowest BCUT2D eigenvalue weighted by molar-refractivity contribution is 0.638. The molecule has 2 aromatic heterocycles. The van der Waals surface area contributed by atoms with Gasteiger partial charge in [0.25, 0.3) is 0 Å². The van der Waals surface area contributed by atoms with Gasteiger partial charge in [-0.25, -0.2) is 0 Å².